The second kappa shape index (κ2) is 7.38. The quantitative estimate of drug-likeness (QED) is 0.678. The van der Waals surface area contributed by atoms with Gasteiger partial charge in [0.25, 0.3) is 0 Å². The van der Waals surface area contributed by atoms with Gasteiger partial charge < -0.3 is 10.1 Å². The fourth-order valence-corrected chi connectivity index (χ4v) is 2.46. The number of anilines is 1. The van der Waals surface area contributed by atoms with Crippen molar-refractivity contribution in [2.24, 2.45) is 0 Å². The Balaban J connectivity index is 2.47. The largest absolute Gasteiger partial charge is 0.469 e. The zero-order valence-corrected chi connectivity index (χ0v) is 12.4. The summed E-state index contributed by atoms with van der Waals surface area (Å²) in [6.45, 7) is 4.08. The maximum absolute atomic E-state index is 11.0. The molecule has 0 aromatic heterocycles. The number of hydrogen-bond donors (Lipinski definition) is 1. The molecule has 98 valence electrons. The molecule has 0 fully saturated rings. The van der Waals surface area contributed by atoms with Crippen LogP contribution >= 0.6 is 24.0 Å². The van der Waals surface area contributed by atoms with Crippen molar-refractivity contribution < 1.29 is 9.53 Å². The number of methoxy groups -OCH3 is 1. The van der Waals surface area contributed by atoms with Crippen LogP contribution in [0.25, 0.3) is 0 Å². The molecule has 1 N–H and O–H groups in total. The second-order valence-electron chi connectivity index (χ2n) is 3.85. The molecule has 3 nitrogen and oxygen atoms in total. The minimum atomic E-state index is -0.211. The van der Waals surface area contributed by atoms with Crippen LogP contribution in [0.1, 0.15) is 17.5 Å². The molecule has 0 amide bonds. The van der Waals surface area contributed by atoms with Gasteiger partial charge in [-0.25, -0.2) is 0 Å². The van der Waals surface area contributed by atoms with E-state index in [1.165, 1.54) is 18.9 Å². The van der Waals surface area contributed by atoms with Crippen LogP contribution in [0, 0.1) is 13.8 Å². The van der Waals surface area contributed by atoms with E-state index in [4.69, 9.17) is 12.2 Å². The summed E-state index contributed by atoms with van der Waals surface area (Å²) in [7, 11) is 1.39. The highest BCUT2D eigenvalue weighted by Gasteiger charge is 2.06. The van der Waals surface area contributed by atoms with E-state index in [0.717, 1.165) is 16.8 Å². The van der Waals surface area contributed by atoms with E-state index < -0.39 is 0 Å². The van der Waals surface area contributed by atoms with Gasteiger partial charge in [0.2, 0.25) is 0 Å². The van der Waals surface area contributed by atoms with Gasteiger partial charge in [-0.15, -0.1) is 0 Å². The van der Waals surface area contributed by atoms with Crippen molar-refractivity contribution in [1.82, 2.24) is 0 Å². The molecule has 0 unspecified atom stereocenters. The van der Waals surface area contributed by atoms with Crippen LogP contribution in [0.5, 0.6) is 0 Å². The zero-order valence-electron chi connectivity index (χ0n) is 10.8. The molecule has 0 aliphatic rings. The van der Waals surface area contributed by atoms with E-state index in [0.29, 0.717) is 16.5 Å². The number of ether oxygens (including phenoxy) is 1. The lowest BCUT2D eigenvalue weighted by molar-refractivity contribution is -0.140. The standard InChI is InChI=1S/C13H17NO2S2/c1-9-5-4-6-10(2)12(9)14-13(17)18-8-7-11(15)16-3/h4-6H,7-8H2,1-3H3,(H,14,17). The van der Waals surface area contributed by atoms with Gasteiger partial charge >= 0.3 is 5.97 Å². The fourth-order valence-electron chi connectivity index (χ4n) is 1.48. The molecule has 0 aliphatic heterocycles. The van der Waals surface area contributed by atoms with Crippen LogP contribution in [0.2, 0.25) is 0 Å². The minimum Gasteiger partial charge on any atom is -0.469 e. The van der Waals surface area contributed by atoms with E-state index in [9.17, 15) is 4.79 Å². The Morgan fingerprint density at radius 2 is 2.00 bits per heavy atom. The number of nitrogens with one attached hydrogen (secondary N) is 1. The summed E-state index contributed by atoms with van der Waals surface area (Å²) in [5.41, 5.74) is 3.37. The number of thiocarbonyl (C=S) groups is 1. The third kappa shape index (κ3) is 4.66. The Hall–Kier alpha value is -1.07. The first-order valence-corrected chi connectivity index (χ1v) is 7.00. The van der Waals surface area contributed by atoms with Crippen LogP contribution < -0.4 is 5.32 Å². The van der Waals surface area contributed by atoms with E-state index in [1.54, 1.807) is 0 Å². The number of rotatable bonds is 4. The number of aryl methyl sites for hydroxylation is 2. The number of carbonyl (C=O) groups excluding carboxylic acids is 1. The molecule has 0 spiro atoms. The summed E-state index contributed by atoms with van der Waals surface area (Å²) >= 11 is 6.70. The molecule has 18 heavy (non-hydrogen) atoms. The molecular weight excluding hydrogens is 266 g/mol. The molecular formula is C13H17NO2S2. The number of esters is 1. The maximum atomic E-state index is 11.0. The number of para-hydroxylation sites is 1. The SMILES string of the molecule is COC(=O)CCSC(=S)Nc1c(C)cccc1C. The molecule has 1 aromatic carbocycles. The van der Waals surface area contributed by atoms with Gasteiger partial charge in [-0.05, 0) is 25.0 Å². The Morgan fingerprint density at radius 1 is 1.39 bits per heavy atom. The first-order valence-electron chi connectivity index (χ1n) is 5.61. The number of benzene rings is 1. The van der Waals surface area contributed by atoms with Gasteiger partial charge in [-0.2, -0.15) is 0 Å². The second-order valence-corrected chi connectivity index (χ2v) is 5.63. The molecule has 0 saturated carbocycles. The molecule has 0 radical (unpaired) electrons. The summed E-state index contributed by atoms with van der Waals surface area (Å²) in [6.07, 6.45) is 0.371. The van der Waals surface area contributed by atoms with Gasteiger partial charge in [0, 0.05) is 11.4 Å². The van der Waals surface area contributed by atoms with Crippen LogP contribution in [-0.2, 0) is 9.53 Å². The fraction of sp³-hybridized carbons (Fsp3) is 0.385. The minimum absolute atomic E-state index is 0.211. The molecule has 0 bridgehead atoms. The predicted octanol–water partition coefficient (Wildman–Crippen LogP) is 3.30. The molecule has 0 saturated heterocycles. The average Bonchev–Trinajstić information content (AvgIpc) is 2.34. The first kappa shape index (κ1) is 15.0. The summed E-state index contributed by atoms with van der Waals surface area (Å²) in [4.78, 5) is 11.0. The monoisotopic (exact) mass is 283 g/mol. The van der Waals surface area contributed by atoms with Crippen LogP contribution in [0.3, 0.4) is 0 Å². The maximum Gasteiger partial charge on any atom is 0.306 e. The van der Waals surface area contributed by atoms with Crippen molar-refractivity contribution in [3.05, 3.63) is 29.3 Å². The van der Waals surface area contributed by atoms with Gasteiger partial charge in [-0.3, -0.25) is 4.79 Å². The molecule has 0 heterocycles. The Labute approximate surface area is 117 Å². The summed E-state index contributed by atoms with van der Waals surface area (Å²) in [5.74, 6) is 0.418. The Morgan fingerprint density at radius 3 is 2.56 bits per heavy atom. The third-order valence-electron chi connectivity index (χ3n) is 2.48. The highest BCUT2D eigenvalue weighted by molar-refractivity contribution is 8.23. The zero-order chi connectivity index (χ0) is 13.5. The Kier molecular flexibility index (Phi) is 6.15. The predicted molar refractivity (Wildman–Crippen MR) is 81.2 cm³/mol. The van der Waals surface area contributed by atoms with Crippen molar-refractivity contribution in [2.75, 3.05) is 18.2 Å². The smallest absolute Gasteiger partial charge is 0.306 e. The number of hydrogen-bond acceptors (Lipinski definition) is 4. The van der Waals surface area contributed by atoms with E-state index in [2.05, 4.69) is 10.1 Å². The van der Waals surface area contributed by atoms with Crippen molar-refractivity contribution in [3.8, 4) is 0 Å². The third-order valence-corrected chi connectivity index (χ3v) is 3.70. The first-order chi connectivity index (χ1) is 8.54. The Bertz CT molecular complexity index is 426. The van der Waals surface area contributed by atoms with Gasteiger partial charge in [-0.1, -0.05) is 42.2 Å². The topological polar surface area (TPSA) is 38.3 Å². The van der Waals surface area contributed by atoms with Gasteiger partial charge in [0.15, 0.2) is 0 Å². The lowest BCUT2D eigenvalue weighted by atomic mass is 10.1. The summed E-state index contributed by atoms with van der Waals surface area (Å²) in [5, 5.41) is 3.21. The van der Waals surface area contributed by atoms with E-state index >= 15 is 0 Å². The van der Waals surface area contributed by atoms with Crippen molar-refractivity contribution >= 4 is 40.0 Å². The lowest BCUT2D eigenvalue weighted by Crippen LogP contribution is -2.09. The normalized spacial score (nSPS) is 9.94. The molecule has 0 atom stereocenters. The number of carbonyl (C=O) groups is 1. The summed E-state index contributed by atoms with van der Waals surface area (Å²) < 4.78 is 5.25. The van der Waals surface area contributed by atoms with Crippen molar-refractivity contribution in [3.63, 3.8) is 0 Å². The van der Waals surface area contributed by atoms with Crippen molar-refractivity contribution in [1.29, 1.82) is 0 Å². The van der Waals surface area contributed by atoms with Crippen LogP contribution in [0.4, 0.5) is 5.69 Å². The van der Waals surface area contributed by atoms with Gasteiger partial charge in [0.05, 0.1) is 13.5 Å². The van der Waals surface area contributed by atoms with Crippen LogP contribution in [-0.4, -0.2) is 23.2 Å². The molecule has 5 heteroatoms. The highest BCUT2D eigenvalue weighted by Crippen LogP contribution is 2.21. The highest BCUT2D eigenvalue weighted by atomic mass is 32.2. The summed E-state index contributed by atoms with van der Waals surface area (Å²) in [6, 6.07) is 6.09. The number of thioether (sulfide) groups is 1. The molecule has 1 aromatic rings. The van der Waals surface area contributed by atoms with Crippen molar-refractivity contribution in [2.45, 2.75) is 20.3 Å². The van der Waals surface area contributed by atoms with E-state index in [-0.39, 0.29) is 5.97 Å². The lowest BCUT2D eigenvalue weighted by Gasteiger charge is -2.12. The molecule has 1 rings (SSSR count). The van der Waals surface area contributed by atoms with Gasteiger partial charge in [0.1, 0.15) is 4.32 Å². The average molecular weight is 283 g/mol. The molecule has 0 aliphatic carbocycles. The van der Waals surface area contributed by atoms with E-state index in [1.807, 2.05) is 32.0 Å². The van der Waals surface area contributed by atoms with Crippen LogP contribution in [0.15, 0.2) is 18.2 Å².